The van der Waals surface area contributed by atoms with Crippen molar-refractivity contribution in [2.75, 3.05) is 18.2 Å². The number of nitro benzene ring substituents is 1. The molecular weight excluding hydrogens is 566 g/mol. The van der Waals surface area contributed by atoms with E-state index in [-0.39, 0.29) is 29.5 Å². The smallest absolute Gasteiger partial charge is 0.273 e. The minimum atomic E-state index is -0.527. The van der Waals surface area contributed by atoms with Crippen LogP contribution in [-0.4, -0.2) is 49.3 Å². The molecule has 0 atom stereocenters. The average Bonchev–Trinajstić information content (AvgIpc) is 3.57. The van der Waals surface area contributed by atoms with Crippen molar-refractivity contribution in [3.8, 4) is 11.4 Å². The molecule has 14 heteroatoms. The molecule has 0 fully saturated rings. The Morgan fingerprint density at radius 1 is 1.10 bits per heavy atom. The van der Waals surface area contributed by atoms with Crippen LogP contribution in [0, 0.1) is 17.0 Å². The van der Waals surface area contributed by atoms with E-state index in [0.29, 0.717) is 33.1 Å². The van der Waals surface area contributed by atoms with Crippen LogP contribution in [0.1, 0.15) is 21.7 Å². The van der Waals surface area contributed by atoms with Crippen LogP contribution in [0.5, 0.6) is 5.75 Å². The molecule has 0 saturated carbocycles. The predicted molar refractivity (Wildman–Crippen MR) is 156 cm³/mol. The molecule has 0 bridgehead atoms. The summed E-state index contributed by atoms with van der Waals surface area (Å²) in [4.78, 5) is 40.8. The Balaban J connectivity index is 1.35. The highest BCUT2D eigenvalue weighted by molar-refractivity contribution is 7.99. The van der Waals surface area contributed by atoms with E-state index in [1.807, 2.05) is 42.5 Å². The Labute approximate surface area is 241 Å². The third-order valence-corrected chi connectivity index (χ3v) is 7.85. The van der Waals surface area contributed by atoms with Crippen molar-refractivity contribution in [3.63, 3.8) is 0 Å². The van der Waals surface area contributed by atoms with Gasteiger partial charge >= 0.3 is 0 Å². The summed E-state index contributed by atoms with van der Waals surface area (Å²) in [5, 5.41) is 26.3. The van der Waals surface area contributed by atoms with Crippen molar-refractivity contribution in [1.29, 1.82) is 0 Å². The van der Waals surface area contributed by atoms with Crippen LogP contribution >= 0.6 is 23.1 Å². The Bertz CT molecular complexity index is 1740. The minimum absolute atomic E-state index is 0.0304. The number of thiazole rings is 1. The van der Waals surface area contributed by atoms with Gasteiger partial charge in [-0.05, 0) is 37.3 Å². The molecule has 12 nitrogen and oxygen atoms in total. The highest BCUT2D eigenvalue weighted by Crippen LogP contribution is 2.30. The third-order valence-electron chi connectivity index (χ3n) is 5.97. The molecule has 2 amide bonds. The lowest BCUT2D eigenvalue weighted by Gasteiger charge is -2.14. The Morgan fingerprint density at radius 2 is 1.88 bits per heavy atom. The first-order valence-corrected chi connectivity index (χ1v) is 14.0. The van der Waals surface area contributed by atoms with Crippen LogP contribution in [0.2, 0.25) is 0 Å². The summed E-state index contributed by atoms with van der Waals surface area (Å²) in [5.74, 6) is 0.169. The molecule has 2 heterocycles. The first-order chi connectivity index (χ1) is 19.8. The third kappa shape index (κ3) is 6.18. The number of hydrogen-bond acceptors (Lipinski definition) is 10. The fourth-order valence-corrected chi connectivity index (χ4v) is 5.63. The zero-order valence-electron chi connectivity index (χ0n) is 21.9. The van der Waals surface area contributed by atoms with Gasteiger partial charge < -0.3 is 15.4 Å². The van der Waals surface area contributed by atoms with Gasteiger partial charge in [-0.2, -0.15) is 0 Å². The van der Waals surface area contributed by atoms with Crippen LogP contribution in [0.3, 0.4) is 0 Å². The van der Waals surface area contributed by atoms with Crippen molar-refractivity contribution < 1.29 is 19.2 Å². The molecule has 208 valence electrons. The van der Waals surface area contributed by atoms with Gasteiger partial charge in [0.05, 0.1) is 40.2 Å². The van der Waals surface area contributed by atoms with Gasteiger partial charge in [0.25, 0.3) is 11.6 Å². The van der Waals surface area contributed by atoms with Crippen LogP contribution in [0.25, 0.3) is 15.9 Å². The fourth-order valence-electron chi connectivity index (χ4n) is 3.98. The first-order valence-electron chi connectivity index (χ1n) is 12.2. The molecule has 3 aromatic carbocycles. The molecule has 0 saturated heterocycles. The maximum atomic E-state index is 12.9. The van der Waals surface area contributed by atoms with E-state index in [0.717, 1.165) is 22.0 Å². The number of ether oxygens (including phenoxy) is 1. The lowest BCUT2D eigenvalue weighted by atomic mass is 10.1. The summed E-state index contributed by atoms with van der Waals surface area (Å²) in [6.45, 7) is 1.57. The lowest BCUT2D eigenvalue weighted by molar-refractivity contribution is -0.385. The summed E-state index contributed by atoms with van der Waals surface area (Å²) < 4.78 is 8.20. The van der Waals surface area contributed by atoms with Crippen LogP contribution in [0.4, 0.5) is 10.8 Å². The van der Waals surface area contributed by atoms with Gasteiger partial charge in [0.1, 0.15) is 5.75 Å². The number of nitrogens with zero attached hydrogens (tertiary/aromatic N) is 5. The van der Waals surface area contributed by atoms with Gasteiger partial charge in [0.15, 0.2) is 16.1 Å². The molecule has 2 N–H and O–H groups in total. The standard InChI is InChI=1S/C27H23N7O5S2/c1-16-11-12-17(13-20(16)34(37)38)25(36)28-14-23-31-32-27(33(23)19-8-4-5-9-21(19)39-2)40-15-24(35)30-26-29-18-7-3-6-10-22(18)41-26/h3-13H,14-15H2,1-2H3,(H,28,36)(H,29,30,35). The Hall–Kier alpha value is -4.82. The number of para-hydroxylation sites is 3. The summed E-state index contributed by atoms with van der Waals surface area (Å²) in [6, 6.07) is 19.1. The van der Waals surface area contributed by atoms with E-state index in [2.05, 4.69) is 25.8 Å². The Morgan fingerprint density at radius 3 is 2.66 bits per heavy atom. The number of aromatic nitrogens is 4. The zero-order valence-corrected chi connectivity index (χ0v) is 23.5. The molecule has 0 unspecified atom stereocenters. The largest absolute Gasteiger partial charge is 0.495 e. The second kappa shape index (κ2) is 12.1. The molecule has 0 radical (unpaired) electrons. The number of fused-ring (bicyclic) bond motifs is 1. The highest BCUT2D eigenvalue weighted by atomic mass is 32.2. The second-order valence-corrected chi connectivity index (χ2v) is 10.6. The van der Waals surface area contributed by atoms with Crippen molar-refractivity contribution >= 4 is 55.9 Å². The van der Waals surface area contributed by atoms with Gasteiger partial charge in [-0.25, -0.2) is 4.98 Å². The molecule has 0 spiro atoms. The number of hydrogen-bond donors (Lipinski definition) is 2. The van der Waals surface area contributed by atoms with Crippen molar-refractivity contribution in [3.05, 3.63) is 93.8 Å². The molecule has 0 aliphatic carbocycles. The molecular formula is C27H23N7O5S2. The zero-order chi connectivity index (χ0) is 28.9. The summed E-state index contributed by atoms with van der Waals surface area (Å²) in [6.07, 6.45) is 0. The number of amides is 2. The van der Waals surface area contributed by atoms with E-state index in [1.165, 1.54) is 36.6 Å². The summed E-state index contributed by atoms with van der Waals surface area (Å²) in [7, 11) is 1.53. The maximum Gasteiger partial charge on any atom is 0.273 e. The van der Waals surface area contributed by atoms with E-state index < -0.39 is 10.8 Å². The number of aryl methyl sites for hydroxylation is 1. The van der Waals surface area contributed by atoms with Crippen molar-refractivity contribution in [2.24, 2.45) is 0 Å². The monoisotopic (exact) mass is 589 g/mol. The van der Waals surface area contributed by atoms with Gasteiger partial charge in [-0.1, -0.05) is 53.4 Å². The van der Waals surface area contributed by atoms with Gasteiger partial charge in [0, 0.05) is 17.2 Å². The minimum Gasteiger partial charge on any atom is -0.495 e. The average molecular weight is 590 g/mol. The van der Waals surface area contributed by atoms with Crippen molar-refractivity contribution in [2.45, 2.75) is 18.6 Å². The number of benzene rings is 3. The number of carbonyl (C=O) groups is 2. The quantitative estimate of drug-likeness (QED) is 0.133. The van der Waals surface area contributed by atoms with Crippen LogP contribution in [0.15, 0.2) is 71.9 Å². The predicted octanol–water partition coefficient (Wildman–Crippen LogP) is 4.76. The number of rotatable bonds is 10. The highest BCUT2D eigenvalue weighted by Gasteiger charge is 2.21. The molecule has 2 aromatic heterocycles. The maximum absolute atomic E-state index is 12.9. The number of methoxy groups -OCH3 is 1. The second-order valence-electron chi connectivity index (χ2n) is 8.67. The summed E-state index contributed by atoms with van der Waals surface area (Å²) >= 11 is 2.55. The van der Waals surface area contributed by atoms with Gasteiger partial charge in [0.2, 0.25) is 5.91 Å². The number of anilines is 1. The summed E-state index contributed by atoms with van der Waals surface area (Å²) in [5.41, 5.74) is 1.88. The van der Waals surface area contributed by atoms with Crippen molar-refractivity contribution in [1.82, 2.24) is 25.1 Å². The topological polar surface area (TPSA) is 154 Å². The van der Waals surface area contributed by atoms with E-state index in [9.17, 15) is 19.7 Å². The van der Waals surface area contributed by atoms with Crippen LogP contribution in [-0.2, 0) is 11.3 Å². The SMILES string of the molecule is COc1ccccc1-n1c(CNC(=O)c2ccc(C)c([N+](=O)[O-])c2)nnc1SCC(=O)Nc1nc2ccccc2s1. The van der Waals surface area contributed by atoms with Gasteiger partial charge in [-0.15, -0.1) is 10.2 Å². The van der Waals surface area contributed by atoms with E-state index in [1.54, 1.807) is 17.6 Å². The van der Waals surface area contributed by atoms with Gasteiger partial charge in [-0.3, -0.25) is 24.3 Å². The van der Waals surface area contributed by atoms with E-state index >= 15 is 0 Å². The Kier molecular flexibility index (Phi) is 8.21. The molecule has 0 aliphatic heterocycles. The number of nitrogens with one attached hydrogen (secondary N) is 2. The lowest BCUT2D eigenvalue weighted by Crippen LogP contribution is -2.25. The number of nitro groups is 1. The molecule has 5 aromatic rings. The fraction of sp³-hybridized carbons (Fsp3) is 0.148. The number of thioether (sulfide) groups is 1. The van der Waals surface area contributed by atoms with E-state index in [4.69, 9.17) is 4.74 Å². The first kappa shape index (κ1) is 27.7. The molecule has 5 rings (SSSR count). The normalized spacial score (nSPS) is 10.9. The number of carbonyl (C=O) groups excluding carboxylic acids is 2. The molecule has 0 aliphatic rings. The van der Waals surface area contributed by atoms with Crippen LogP contribution < -0.4 is 15.4 Å². The molecule has 41 heavy (non-hydrogen) atoms.